The molecule has 2 heteroatoms. The van der Waals surface area contributed by atoms with Crippen molar-refractivity contribution < 1.29 is 0 Å². The molecule has 94 valence electrons. The zero-order valence-corrected chi connectivity index (χ0v) is 12.4. The average molecular weight is 257 g/mol. The maximum absolute atomic E-state index is 2.42. The van der Waals surface area contributed by atoms with Crippen LogP contribution in [-0.2, 0) is 6.54 Å². The fourth-order valence-corrected chi connectivity index (χ4v) is 2.51. The Bertz CT molecular complexity index is 667. The Hall–Kier alpha value is -1.33. The molecule has 0 fully saturated rings. The minimum absolute atomic E-state index is 1.02. The van der Waals surface area contributed by atoms with E-state index in [0.717, 1.165) is 6.54 Å². The number of hydrogen-bond acceptors (Lipinski definition) is 0. The van der Waals surface area contributed by atoms with Crippen LogP contribution in [0.2, 0.25) is 0 Å². The number of aryl methyl sites for hydroxylation is 2. The average Bonchev–Trinajstić information content (AvgIpc) is 2.74. The van der Waals surface area contributed by atoms with Gasteiger partial charge in [0, 0.05) is 28.4 Å². The monoisotopic (exact) mass is 257 g/mol. The van der Waals surface area contributed by atoms with E-state index in [1.165, 1.54) is 27.4 Å². The highest BCUT2D eigenvalue weighted by Crippen LogP contribution is 2.29. The number of fused-ring (bicyclic) bond motifs is 3. The topological polar surface area (TPSA) is 4.93 Å². The summed E-state index contributed by atoms with van der Waals surface area (Å²) in [4.78, 5) is 0. The predicted octanol–water partition coefficient (Wildman–Crippen LogP) is 4.61. The maximum Gasteiger partial charge on any atom is 0.0491 e. The van der Waals surface area contributed by atoms with Gasteiger partial charge in [-0.25, -0.2) is 0 Å². The van der Waals surface area contributed by atoms with Gasteiger partial charge in [0.05, 0.1) is 0 Å². The summed E-state index contributed by atoms with van der Waals surface area (Å²) >= 11 is 0. The Morgan fingerprint density at radius 1 is 0.944 bits per heavy atom. The van der Waals surface area contributed by atoms with Crippen LogP contribution in [0, 0.1) is 6.92 Å². The van der Waals surface area contributed by atoms with Gasteiger partial charge in [0.2, 0.25) is 0 Å². The van der Waals surface area contributed by atoms with E-state index in [-0.39, 0.29) is 0 Å². The van der Waals surface area contributed by atoms with E-state index in [9.17, 15) is 0 Å². The highest BCUT2D eigenvalue weighted by Gasteiger charge is 2.08. The van der Waals surface area contributed by atoms with Crippen molar-refractivity contribution in [3.63, 3.8) is 0 Å². The Morgan fingerprint density at radius 3 is 2.33 bits per heavy atom. The normalized spacial score (nSPS) is 10.4. The Morgan fingerprint density at radius 2 is 1.61 bits per heavy atom. The number of hydrogen-bond donors (Lipinski definition) is 0. The van der Waals surface area contributed by atoms with Crippen molar-refractivity contribution >= 4 is 31.0 Å². The molecule has 0 amide bonds. The van der Waals surface area contributed by atoms with Crippen LogP contribution in [0.15, 0.2) is 42.5 Å². The number of aromatic nitrogens is 1. The molecule has 0 radical (unpaired) electrons. The summed E-state index contributed by atoms with van der Waals surface area (Å²) in [6.45, 7) is 7.29. The first-order valence-electron chi connectivity index (χ1n) is 6.36. The van der Waals surface area contributed by atoms with Gasteiger partial charge in [-0.3, -0.25) is 0 Å². The fraction of sp³-hybridized carbons (Fsp3) is 0.250. The first-order valence-corrected chi connectivity index (χ1v) is 7.52. The van der Waals surface area contributed by atoms with Gasteiger partial charge >= 0.3 is 0 Å². The van der Waals surface area contributed by atoms with E-state index < -0.39 is 0 Å². The van der Waals surface area contributed by atoms with Crippen LogP contribution in [0.3, 0.4) is 0 Å². The second kappa shape index (κ2) is 5.54. The number of para-hydroxylation sites is 1. The van der Waals surface area contributed by atoms with Gasteiger partial charge in [-0.2, -0.15) is 0 Å². The third-order valence-electron chi connectivity index (χ3n) is 3.24. The molecule has 0 aliphatic carbocycles. The molecule has 3 aromatic rings. The van der Waals surface area contributed by atoms with Gasteiger partial charge < -0.3 is 4.57 Å². The molecule has 0 N–H and O–H groups in total. The van der Waals surface area contributed by atoms with Crippen molar-refractivity contribution in [2.75, 3.05) is 6.66 Å². The van der Waals surface area contributed by atoms with Crippen molar-refractivity contribution in [1.82, 2.24) is 4.57 Å². The van der Waals surface area contributed by atoms with Crippen molar-refractivity contribution in [3.05, 3.63) is 48.0 Å². The third kappa shape index (κ3) is 2.04. The SMILES string of the molecule is CCn1c2ccccc2c2cc(C)ccc21.CP. The number of rotatable bonds is 1. The molecule has 0 spiro atoms. The second-order valence-corrected chi connectivity index (χ2v) is 4.28. The summed E-state index contributed by atoms with van der Waals surface area (Å²) in [5.41, 5.74) is 4.01. The molecule has 2 aromatic carbocycles. The summed E-state index contributed by atoms with van der Waals surface area (Å²) < 4.78 is 2.38. The number of nitrogens with zero attached hydrogens (tertiary/aromatic N) is 1. The van der Waals surface area contributed by atoms with Crippen molar-refractivity contribution in [3.8, 4) is 0 Å². The van der Waals surface area contributed by atoms with Gasteiger partial charge in [0.15, 0.2) is 0 Å². The number of benzene rings is 2. The summed E-state index contributed by atoms with van der Waals surface area (Å²) in [5.74, 6) is 0. The molecule has 0 saturated heterocycles. The predicted molar refractivity (Wildman–Crippen MR) is 85.5 cm³/mol. The van der Waals surface area contributed by atoms with Crippen LogP contribution >= 0.6 is 9.24 Å². The molecule has 1 unspecified atom stereocenters. The van der Waals surface area contributed by atoms with Gasteiger partial charge in [-0.15, -0.1) is 9.24 Å². The van der Waals surface area contributed by atoms with E-state index >= 15 is 0 Å². The summed E-state index contributed by atoms with van der Waals surface area (Å²) in [7, 11) is 2.42. The van der Waals surface area contributed by atoms with Crippen LogP contribution in [0.1, 0.15) is 12.5 Å². The summed E-state index contributed by atoms with van der Waals surface area (Å²) in [5, 5.41) is 2.74. The Kier molecular flexibility index (Phi) is 4.04. The van der Waals surface area contributed by atoms with Gasteiger partial charge in [0.1, 0.15) is 0 Å². The highest BCUT2D eigenvalue weighted by atomic mass is 31.0. The lowest BCUT2D eigenvalue weighted by Gasteiger charge is -2.02. The molecular weight excluding hydrogens is 237 g/mol. The second-order valence-electron chi connectivity index (χ2n) is 4.28. The van der Waals surface area contributed by atoms with Crippen LogP contribution in [0.4, 0.5) is 0 Å². The van der Waals surface area contributed by atoms with Gasteiger partial charge in [-0.1, -0.05) is 36.5 Å². The summed E-state index contributed by atoms with van der Waals surface area (Å²) in [6.07, 6.45) is 0. The standard InChI is InChI=1S/C15H15N.CH5P/c1-3-16-14-7-5-4-6-12(14)13-10-11(2)8-9-15(13)16;1-2/h4-10H,3H2,1-2H3;2H2,1H3. The largest absolute Gasteiger partial charge is 0.341 e. The lowest BCUT2D eigenvalue weighted by Crippen LogP contribution is -1.92. The zero-order valence-electron chi connectivity index (χ0n) is 11.3. The molecule has 1 aromatic heterocycles. The maximum atomic E-state index is 2.42. The van der Waals surface area contributed by atoms with Gasteiger partial charge in [-0.05, 0) is 32.0 Å². The Labute approximate surface area is 111 Å². The minimum atomic E-state index is 1.02. The fourth-order valence-electron chi connectivity index (χ4n) is 2.51. The minimum Gasteiger partial charge on any atom is -0.341 e. The highest BCUT2D eigenvalue weighted by molar-refractivity contribution is 7.15. The molecule has 1 atom stereocenters. The quantitative estimate of drug-likeness (QED) is 0.561. The Balaban J connectivity index is 0.000000574. The van der Waals surface area contributed by atoms with E-state index in [4.69, 9.17) is 0 Å². The summed E-state index contributed by atoms with van der Waals surface area (Å²) in [6, 6.07) is 15.3. The van der Waals surface area contributed by atoms with Crippen LogP contribution in [-0.4, -0.2) is 11.2 Å². The molecule has 1 heterocycles. The van der Waals surface area contributed by atoms with E-state index in [0.29, 0.717) is 0 Å². The molecular formula is C16H20NP. The van der Waals surface area contributed by atoms with Crippen LogP contribution < -0.4 is 0 Å². The molecule has 0 bridgehead atoms. The molecule has 0 aliphatic rings. The molecule has 18 heavy (non-hydrogen) atoms. The van der Waals surface area contributed by atoms with Crippen LogP contribution in [0.25, 0.3) is 21.8 Å². The van der Waals surface area contributed by atoms with E-state index in [1.807, 2.05) is 6.66 Å². The van der Waals surface area contributed by atoms with Crippen molar-refractivity contribution in [2.45, 2.75) is 20.4 Å². The smallest absolute Gasteiger partial charge is 0.0491 e. The first kappa shape index (κ1) is 13.1. The first-order chi connectivity index (χ1) is 8.81. The van der Waals surface area contributed by atoms with Crippen molar-refractivity contribution in [2.24, 2.45) is 0 Å². The lowest BCUT2D eigenvalue weighted by molar-refractivity contribution is 0.827. The molecule has 3 rings (SSSR count). The van der Waals surface area contributed by atoms with E-state index in [2.05, 4.69) is 70.1 Å². The molecule has 0 aliphatic heterocycles. The third-order valence-corrected chi connectivity index (χ3v) is 3.24. The van der Waals surface area contributed by atoms with Crippen molar-refractivity contribution in [1.29, 1.82) is 0 Å². The van der Waals surface area contributed by atoms with Crippen LogP contribution in [0.5, 0.6) is 0 Å². The molecule has 0 saturated carbocycles. The lowest BCUT2D eigenvalue weighted by atomic mass is 10.1. The van der Waals surface area contributed by atoms with Gasteiger partial charge in [0.25, 0.3) is 0 Å². The molecule has 1 nitrogen and oxygen atoms in total. The zero-order chi connectivity index (χ0) is 13.1. The van der Waals surface area contributed by atoms with E-state index in [1.54, 1.807) is 0 Å².